The van der Waals surface area contributed by atoms with Crippen LogP contribution in [0, 0.1) is 16.2 Å². The van der Waals surface area contributed by atoms with Crippen LogP contribution in [0.2, 0.25) is 0 Å². The molecule has 0 spiro atoms. The van der Waals surface area contributed by atoms with E-state index in [0.29, 0.717) is 25.0 Å². The smallest absolute Gasteiger partial charge is 0.335 e. The van der Waals surface area contributed by atoms with Crippen molar-refractivity contribution in [2.45, 2.75) is 59.8 Å². The van der Waals surface area contributed by atoms with Gasteiger partial charge in [-0.15, -0.1) is 0 Å². The molecular formula is C28H32O4. The van der Waals surface area contributed by atoms with E-state index in [-0.39, 0.29) is 22.4 Å². The number of aromatic carboxylic acids is 1. The van der Waals surface area contributed by atoms with E-state index < -0.39 is 11.4 Å². The molecule has 0 aliphatic heterocycles. The number of hydrogen-bond acceptors (Lipinski definition) is 3. The van der Waals surface area contributed by atoms with Crippen LogP contribution in [-0.2, 0) is 11.2 Å². The zero-order valence-electron chi connectivity index (χ0n) is 19.4. The lowest BCUT2D eigenvalue weighted by molar-refractivity contribution is -0.145. The van der Waals surface area contributed by atoms with Crippen molar-refractivity contribution in [1.82, 2.24) is 0 Å². The minimum Gasteiger partial charge on any atom is -0.478 e. The van der Waals surface area contributed by atoms with Gasteiger partial charge in [-0.1, -0.05) is 69.2 Å². The Labute approximate surface area is 190 Å². The summed E-state index contributed by atoms with van der Waals surface area (Å²) in [5, 5.41) is 9.14. The first kappa shape index (κ1) is 22.3. The van der Waals surface area contributed by atoms with Crippen LogP contribution in [0.25, 0.3) is 0 Å². The molecule has 0 radical (unpaired) electrons. The van der Waals surface area contributed by atoms with Crippen LogP contribution in [0.1, 0.15) is 69.3 Å². The summed E-state index contributed by atoms with van der Waals surface area (Å²) in [5.41, 5.74) is 3.63. The number of hydrogen-bond donors (Lipinski definition) is 1. The predicted molar refractivity (Wildman–Crippen MR) is 125 cm³/mol. The molecule has 2 aromatic carbocycles. The Kier molecular flexibility index (Phi) is 5.52. The normalized spacial score (nSPS) is 20.5. The maximum absolute atomic E-state index is 13.8. The molecule has 0 aromatic heterocycles. The van der Waals surface area contributed by atoms with Gasteiger partial charge in [0.15, 0.2) is 0 Å². The van der Waals surface area contributed by atoms with Crippen molar-refractivity contribution in [3.8, 4) is 5.75 Å². The third-order valence-electron chi connectivity index (χ3n) is 7.53. The lowest BCUT2D eigenvalue weighted by Gasteiger charge is -2.41. The number of carboxylic acid groups (broad SMARTS) is 1. The second-order valence-electron chi connectivity index (χ2n) is 10.7. The summed E-state index contributed by atoms with van der Waals surface area (Å²) >= 11 is 0. The summed E-state index contributed by atoms with van der Waals surface area (Å²) in [6.07, 6.45) is 4.27. The maximum atomic E-state index is 13.8. The molecule has 0 bridgehead atoms. The van der Waals surface area contributed by atoms with E-state index in [1.165, 1.54) is 23.3 Å². The van der Waals surface area contributed by atoms with E-state index in [9.17, 15) is 9.59 Å². The number of ether oxygens (including phenoxy) is 1. The topological polar surface area (TPSA) is 63.6 Å². The van der Waals surface area contributed by atoms with Gasteiger partial charge in [-0.25, -0.2) is 4.79 Å². The molecule has 0 unspecified atom stereocenters. The maximum Gasteiger partial charge on any atom is 0.335 e. The lowest BCUT2D eigenvalue weighted by atomic mass is 9.64. The number of allylic oxidation sites excluding steroid dienone is 2. The molecule has 0 amide bonds. The Balaban J connectivity index is 1.68. The molecule has 1 N–H and O–H groups in total. The molecule has 4 nitrogen and oxygen atoms in total. The molecule has 2 aromatic rings. The Morgan fingerprint density at radius 1 is 0.844 bits per heavy atom. The van der Waals surface area contributed by atoms with Gasteiger partial charge in [0.1, 0.15) is 5.75 Å². The molecule has 0 fully saturated rings. The average Bonchev–Trinajstić information content (AvgIpc) is 3.16. The Morgan fingerprint density at radius 3 is 1.88 bits per heavy atom. The predicted octanol–water partition coefficient (Wildman–Crippen LogP) is 6.46. The Morgan fingerprint density at radius 2 is 1.38 bits per heavy atom. The van der Waals surface area contributed by atoms with E-state index in [2.05, 4.69) is 39.8 Å². The van der Waals surface area contributed by atoms with Gasteiger partial charge >= 0.3 is 11.9 Å². The van der Waals surface area contributed by atoms with Crippen molar-refractivity contribution in [2.24, 2.45) is 16.2 Å². The SMILES string of the molecule is CC1(C)CCC(C)(C)C2=C1CC(Cc1ccccc1)(C(=O)Oc1ccc(C(=O)O)cc1)C2. The quantitative estimate of drug-likeness (QED) is 0.335. The first-order valence-electron chi connectivity index (χ1n) is 11.4. The minimum atomic E-state index is -0.999. The number of benzene rings is 2. The molecule has 2 aliphatic rings. The molecule has 168 valence electrons. The third-order valence-corrected chi connectivity index (χ3v) is 7.53. The van der Waals surface area contributed by atoms with Crippen molar-refractivity contribution < 1.29 is 19.4 Å². The van der Waals surface area contributed by atoms with E-state index in [0.717, 1.165) is 18.4 Å². The van der Waals surface area contributed by atoms with Crippen molar-refractivity contribution in [2.75, 3.05) is 0 Å². The standard InChI is InChI=1S/C28H32O4/c1-26(2)14-15-27(3,4)23-18-28(17-22(23)26,16-19-8-6-5-7-9-19)25(31)32-21-12-10-20(11-13-21)24(29)30/h5-13H,14-18H2,1-4H3,(H,29,30). The molecule has 2 aliphatic carbocycles. The van der Waals surface area contributed by atoms with Gasteiger partial charge in [-0.3, -0.25) is 4.79 Å². The van der Waals surface area contributed by atoms with Crippen LogP contribution in [0.15, 0.2) is 65.7 Å². The van der Waals surface area contributed by atoms with E-state index in [4.69, 9.17) is 9.84 Å². The van der Waals surface area contributed by atoms with Gasteiger partial charge in [0, 0.05) is 0 Å². The van der Waals surface area contributed by atoms with Crippen LogP contribution < -0.4 is 4.74 Å². The molecular weight excluding hydrogens is 400 g/mol. The number of carbonyl (C=O) groups excluding carboxylic acids is 1. The fraction of sp³-hybridized carbons (Fsp3) is 0.429. The van der Waals surface area contributed by atoms with Gasteiger partial charge in [-0.2, -0.15) is 0 Å². The van der Waals surface area contributed by atoms with Gasteiger partial charge < -0.3 is 9.84 Å². The van der Waals surface area contributed by atoms with Crippen LogP contribution in [0.3, 0.4) is 0 Å². The van der Waals surface area contributed by atoms with E-state index >= 15 is 0 Å². The molecule has 4 heteroatoms. The zero-order valence-corrected chi connectivity index (χ0v) is 19.4. The molecule has 0 atom stereocenters. The molecule has 32 heavy (non-hydrogen) atoms. The highest BCUT2D eigenvalue weighted by molar-refractivity contribution is 5.88. The summed E-state index contributed by atoms with van der Waals surface area (Å²) in [6.45, 7) is 9.19. The Hall–Kier alpha value is -2.88. The van der Waals surface area contributed by atoms with Gasteiger partial charge in [0.25, 0.3) is 0 Å². The average molecular weight is 433 g/mol. The van der Waals surface area contributed by atoms with Crippen molar-refractivity contribution >= 4 is 11.9 Å². The molecule has 0 saturated carbocycles. The Bertz CT molecular complexity index is 1030. The van der Waals surface area contributed by atoms with Crippen molar-refractivity contribution in [1.29, 1.82) is 0 Å². The minimum absolute atomic E-state index is 0.0761. The van der Waals surface area contributed by atoms with Crippen molar-refractivity contribution in [3.63, 3.8) is 0 Å². The highest BCUT2D eigenvalue weighted by Crippen LogP contribution is 2.60. The van der Waals surface area contributed by atoms with Crippen LogP contribution in [0.4, 0.5) is 0 Å². The van der Waals surface area contributed by atoms with Crippen molar-refractivity contribution in [3.05, 3.63) is 76.9 Å². The largest absolute Gasteiger partial charge is 0.478 e. The molecule has 0 saturated heterocycles. The second-order valence-corrected chi connectivity index (χ2v) is 10.7. The number of carbonyl (C=O) groups is 2. The number of carboxylic acids is 1. The van der Waals surface area contributed by atoms with Crippen LogP contribution in [0.5, 0.6) is 5.75 Å². The second kappa shape index (κ2) is 7.91. The summed E-state index contributed by atoms with van der Waals surface area (Å²) in [7, 11) is 0. The highest BCUT2D eigenvalue weighted by atomic mass is 16.5. The highest BCUT2D eigenvalue weighted by Gasteiger charge is 2.53. The number of rotatable bonds is 5. The lowest BCUT2D eigenvalue weighted by Crippen LogP contribution is -2.36. The van der Waals surface area contributed by atoms with Crippen LogP contribution >= 0.6 is 0 Å². The fourth-order valence-corrected chi connectivity index (χ4v) is 5.38. The van der Waals surface area contributed by atoms with E-state index in [1.807, 2.05) is 18.2 Å². The summed E-state index contributed by atoms with van der Waals surface area (Å²) in [6, 6.07) is 16.2. The first-order valence-corrected chi connectivity index (χ1v) is 11.4. The van der Waals surface area contributed by atoms with Crippen LogP contribution in [-0.4, -0.2) is 17.0 Å². The first-order chi connectivity index (χ1) is 15.0. The molecule has 4 rings (SSSR count). The summed E-state index contributed by atoms with van der Waals surface area (Å²) in [4.78, 5) is 24.9. The molecule has 0 heterocycles. The summed E-state index contributed by atoms with van der Waals surface area (Å²) in [5.74, 6) is -0.846. The third kappa shape index (κ3) is 4.11. The van der Waals surface area contributed by atoms with Gasteiger partial charge in [-0.05, 0) is 72.8 Å². The van der Waals surface area contributed by atoms with E-state index in [1.54, 1.807) is 12.1 Å². The van der Waals surface area contributed by atoms with Gasteiger partial charge in [0.05, 0.1) is 11.0 Å². The number of esters is 1. The summed E-state index contributed by atoms with van der Waals surface area (Å²) < 4.78 is 5.89. The van der Waals surface area contributed by atoms with Gasteiger partial charge in [0.2, 0.25) is 0 Å². The monoisotopic (exact) mass is 432 g/mol. The zero-order chi connectivity index (χ0) is 23.1. The fourth-order valence-electron chi connectivity index (χ4n) is 5.38.